The molecule has 1 atom stereocenters. The lowest BCUT2D eigenvalue weighted by Crippen LogP contribution is -2.46. The zero-order chi connectivity index (χ0) is 18.8. The van der Waals surface area contributed by atoms with Crippen molar-refractivity contribution in [1.29, 1.82) is 0 Å². The summed E-state index contributed by atoms with van der Waals surface area (Å²) in [5.41, 5.74) is -0.695. The quantitative estimate of drug-likeness (QED) is 0.834. The predicted molar refractivity (Wildman–Crippen MR) is 90.7 cm³/mol. The van der Waals surface area contributed by atoms with Crippen molar-refractivity contribution in [3.05, 3.63) is 48.3 Å². The number of rotatable bonds is 5. The Balaban J connectivity index is 2.29. The molecule has 136 valence electrons. The molecule has 0 aliphatic heterocycles. The van der Waals surface area contributed by atoms with E-state index in [9.17, 15) is 17.6 Å². The van der Waals surface area contributed by atoms with Gasteiger partial charge in [-0.25, -0.2) is 22.9 Å². The number of primary sulfonamides is 1. The van der Waals surface area contributed by atoms with Gasteiger partial charge < -0.3 is 9.88 Å². The minimum atomic E-state index is -4.03. The van der Waals surface area contributed by atoms with E-state index in [1.165, 1.54) is 0 Å². The summed E-state index contributed by atoms with van der Waals surface area (Å²) in [5, 5.41) is 7.81. The van der Waals surface area contributed by atoms with Crippen LogP contribution in [-0.2, 0) is 16.6 Å². The Labute approximate surface area is 146 Å². The number of carbonyl (C=O) groups excluding carboxylic acids is 1. The molecule has 1 aromatic carbocycles. The minimum absolute atomic E-state index is 0.319. The van der Waals surface area contributed by atoms with Crippen molar-refractivity contribution in [2.45, 2.75) is 38.3 Å². The van der Waals surface area contributed by atoms with Gasteiger partial charge in [-0.3, -0.25) is 4.79 Å². The second kappa shape index (κ2) is 6.93. The topological polar surface area (TPSA) is 107 Å². The molecule has 0 aliphatic rings. The van der Waals surface area contributed by atoms with E-state index in [0.29, 0.717) is 6.54 Å². The number of nitrogens with one attached hydrogen (secondary N) is 1. The van der Waals surface area contributed by atoms with E-state index < -0.39 is 21.7 Å². The molecule has 0 bridgehead atoms. The van der Waals surface area contributed by atoms with Crippen LogP contribution < -0.4 is 10.5 Å². The van der Waals surface area contributed by atoms with Crippen molar-refractivity contribution in [2.24, 2.45) is 10.6 Å². The number of hydrogen-bond acceptors (Lipinski definition) is 4. The van der Waals surface area contributed by atoms with Gasteiger partial charge in [0, 0.05) is 18.9 Å². The molecular weight excluding hydrogens is 347 g/mol. The number of imidazole rings is 1. The Morgan fingerprint density at radius 2 is 2.08 bits per heavy atom. The molecule has 2 rings (SSSR count). The molecule has 0 spiro atoms. The van der Waals surface area contributed by atoms with Crippen LogP contribution in [0.2, 0.25) is 0 Å². The maximum Gasteiger partial charge on any atom is 0.254 e. The first-order chi connectivity index (χ1) is 11.5. The van der Waals surface area contributed by atoms with Gasteiger partial charge in [-0.05, 0) is 23.6 Å². The number of hydrogen-bond donors (Lipinski definition) is 2. The predicted octanol–water partition coefficient (Wildman–Crippen LogP) is 1.51. The zero-order valence-corrected chi connectivity index (χ0v) is 15.0. The standard InChI is InChI=1S/C16H21FN4O3S/c1-16(2,3)14(9-21-7-6-19-10-21)20-15(22)12-8-11(25(18,23)24)4-5-13(12)17/h4-8,10,14H,9H2,1-3H3,(H,20,22)(H2,18,23,24)/t14-/m0/s1. The van der Waals surface area contributed by atoms with Gasteiger partial charge >= 0.3 is 0 Å². The summed E-state index contributed by atoms with van der Waals surface area (Å²) >= 11 is 0. The Kier molecular flexibility index (Phi) is 5.28. The fourth-order valence-corrected chi connectivity index (χ4v) is 2.77. The summed E-state index contributed by atoms with van der Waals surface area (Å²) in [6.45, 7) is 6.25. The monoisotopic (exact) mass is 368 g/mol. The maximum absolute atomic E-state index is 14.0. The highest BCUT2D eigenvalue weighted by Crippen LogP contribution is 2.22. The van der Waals surface area contributed by atoms with E-state index in [-0.39, 0.29) is 21.9 Å². The first kappa shape index (κ1) is 19.1. The first-order valence-corrected chi connectivity index (χ1v) is 9.12. The normalized spacial score (nSPS) is 13.5. The minimum Gasteiger partial charge on any atom is -0.347 e. The average molecular weight is 368 g/mol. The van der Waals surface area contributed by atoms with Crippen molar-refractivity contribution in [1.82, 2.24) is 14.9 Å². The molecule has 0 fully saturated rings. The fourth-order valence-electron chi connectivity index (χ4n) is 2.23. The highest BCUT2D eigenvalue weighted by molar-refractivity contribution is 7.89. The molecule has 7 nitrogen and oxygen atoms in total. The summed E-state index contributed by atoms with van der Waals surface area (Å²) in [6.07, 6.45) is 5.00. The SMILES string of the molecule is CC(C)(C)[C@H](Cn1ccnc1)NC(=O)c1cc(S(N)(=O)=O)ccc1F. The van der Waals surface area contributed by atoms with Crippen LogP contribution in [0.5, 0.6) is 0 Å². The van der Waals surface area contributed by atoms with Crippen LogP contribution in [0.1, 0.15) is 31.1 Å². The van der Waals surface area contributed by atoms with E-state index in [0.717, 1.165) is 18.2 Å². The molecule has 0 radical (unpaired) electrons. The highest BCUT2D eigenvalue weighted by Gasteiger charge is 2.28. The summed E-state index contributed by atoms with van der Waals surface area (Å²) in [6, 6.07) is 2.54. The van der Waals surface area contributed by atoms with Crippen LogP contribution in [0.3, 0.4) is 0 Å². The summed E-state index contributed by atoms with van der Waals surface area (Å²) in [5.74, 6) is -1.52. The number of amides is 1. The van der Waals surface area contributed by atoms with Crippen molar-refractivity contribution >= 4 is 15.9 Å². The third-order valence-electron chi connectivity index (χ3n) is 3.81. The first-order valence-electron chi connectivity index (χ1n) is 7.57. The summed E-state index contributed by atoms with van der Waals surface area (Å²) < 4.78 is 38.7. The lowest BCUT2D eigenvalue weighted by atomic mass is 9.86. The smallest absolute Gasteiger partial charge is 0.254 e. The van der Waals surface area contributed by atoms with Crippen LogP contribution in [0.4, 0.5) is 4.39 Å². The molecule has 1 aromatic heterocycles. The largest absolute Gasteiger partial charge is 0.347 e. The van der Waals surface area contributed by atoms with E-state index in [2.05, 4.69) is 10.3 Å². The Bertz CT molecular complexity index is 858. The molecule has 1 heterocycles. The van der Waals surface area contributed by atoms with Gasteiger partial charge in [0.1, 0.15) is 5.82 Å². The fraction of sp³-hybridized carbons (Fsp3) is 0.375. The number of aromatic nitrogens is 2. The molecule has 2 aromatic rings. The molecule has 0 saturated heterocycles. The van der Waals surface area contributed by atoms with Crippen molar-refractivity contribution < 1.29 is 17.6 Å². The number of nitrogens with zero attached hydrogens (tertiary/aromatic N) is 2. The molecule has 0 aliphatic carbocycles. The van der Waals surface area contributed by atoms with Crippen LogP contribution >= 0.6 is 0 Å². The van der Waals surface area contributed by atoms with Gasteiger partial charge in [-0.1, -0.05) is 20.8 Å². The molecular formula is C16H21FN4O3S. The van der Waals surface area contributed by atoms with E-state index >= 15 is 0 Å². The van der Waals surface area contributed by atoms with Crippen molar-refractivity contribution in [2.75, 3.05) is 0 Å². The van der Waals surface area contributed by atoms with Crippen LogP contribution in [-0.4, -0.2) is 29.9 Å². The van der Waals surface area contributed by atoms with E-state index in [4.69, 9.17) is 5.14 Å². The van der Waals surface area contributed by atoms with Crippen LogP contribution in [0.15, 0.2) is 41.8 Å². The molecule has 0 unspecified atom stereocenters. The molecule has 1 amide bonds. The van der Waals surface area contributed by atoms with Gasteiger partial charge in [-0.2, -0.15) is 0 Å². The number of carbonyl (C=O) groups is 1. The third kappa shape index (κ3) is 4.86. The van der Waals surface area contributed by atoms with Crippen molar-refractivity contribution in [3.8, 4) is 0 Å². The number of nitrogens with two attached hydrogens (primary N) is 1. The van der Waals surface area contributed by atoms with Gasteiger partial charge in [0.05, 0.1) is 22.8 Å². The van der Waals surface area contributed by atoms with Gasteiger partial charge in [0.15, 0.2) is 0 Å². The molecule has 3 N–H and O–H groups in total. The second-order valence-electron chi connectivity index (χ2n) is 6.84. The van der Waals surface area contributed by atoms with Gasteiger partial charge in [-0.15, -0.1) is 0 Å². The third-order valence-corrected chi connectivity index (χ3v) is 4.73. The Hall–Kier alpha value is -2.26. The number of halogens is 1. The molecule has 0 saturated carbocycles. The lowest BCUT2D eigenvalue weighted by molar-refractivity contribution is 0.0888. The zero-order valence-electron chi connectivity index (χ0n) is 14.2. The number of benzene rings is 1. The van der Waals surface area contributed by atoms with E-state index in [1.807, 2.05) is 20.8 Å². The lowest BCUT2D eigenvalue weighted by Gasteiger charge is -2.32. The second-order valence-corrected chi connectivity index (χ2v) is 8.40. The molecule has 9 heteroatoms. The summed E-state index contributed by atoms with van der Waals surface area (Å²) in [4.78, 5) is 16.2. The van der Waals surface area contributed by atoms with Crippen molar-refractivity contribution in [3.63, 3.8) is 0 Å². The van der Waals surface area contributed by atoms with Gasteiger partial charge in [0.25, 0.3) is 5.91 Å². The van der Waals surface area contributed by atoms with E-state index in [1.54, 1.807) is 23.3 Å². The number of sulfonamides is 1. The van der Waals surface area contributed by atoms with Gasteiger partial charge in [0.2, 0.25) is 10.0 Å². The maximum atomic E-state index is 14.0. The molecule has 25 heavy (non-hydrogen) atoms. The average Bonchev–Trinajstić information content (AvgIpc) is 2.97. The van der Waals surface area contributed by atoms with Crippen LogP contribution in [0.25, 0.3) is 0 Å². The Morgan fingerprint density at radius 1 is 1.40 bits per heavy atom. The Morgan fingerprint density at radius 3 is 2.60 bits per heavy atom. The van der Waals surface area contributed by atoms with Crippen LogP contribution in [0, 0.1) is 11.2 Å². The summed E-state index contributed by atoms with van der Waals surface area (Å²) in [7, 11) is -4.03. The highest BCUT2D eigenvalue weighted by atomic mass is 32.2.